The van der Waals surface area contributed by atoms with Crippen molar-refractivity contribution in [2.75, 3.05) is 7.11 Å². The molecule has 0 amide bonds. The first-order chi connectivity index (χ1) is 7.44. The van der Waals surface area contributed by atoms with E-state index in [-0.39, 0.29) is 5.71 Å². The van der Waals surface area contributed by atoms with Gasteiger partial charge in [0.2, 0.25) is 5.71 Å². The number of carbonyl (C=O) groups is 1. The number of rotatable bonds is 3. The minimum absolute atomic E-state index is 0.0161. The highest BCUT2D eigenvalue weighted by Crippen LogP contribution is 2.10. The van der Waals surface area contributed by atoms with Gasteiger partial charge in [0.05, 0.1) is 13.4 Å². The molecule has 0 fully saturated rings. The van der Waals surface area contributed by atoms with Crippen LogP contribution in [-0.2, 0) is 14.4 Å². The topological polar surface area (TPSA) is 61.0 Å². The number of esters is 1. The van der Waals surface area contributed by atoms with E-state index in [0.717, 1.165) is 0 Å². The quantitative estimate of drug-likeness (QED) is 0.448. The molecular formula is C11H15NO4. The van der Waals surface area contributed by atoms with Crippen molar-refractivity contribution in [3.63, 3.8) is 0 Å². The van der Waals surface area contributed by atoms with Crippen LogP contribution in [0.25, 0.3) is 0 Å². The number of carbonyl (C=O) groups excluding carboxylic acids is 1. The number of ether oxygens (including phenoxy) is 1. The molecule has 0 aromatic carbocycles. The van der Waals surface area contributed by atoms with Crippen molar-refractivity contribution >= 4 is 11.7 Å². The molecule has 5 heteroatoms. The van der Waals surface area contributed by atoms with Gasteiger partial charge in [-0.1, -0.05) is 5.16 Å². The van der Waals surface area contributed by atoms with Crippen molar-refractivity contribution in [3.05, 3.63) is 24.2 Å². The second-order valence-corrected chi connectivity index (χ2v) is 4.11. The van der Waals surface area contributed by atoms with E-state index in [1.807, 2.05) is 20.8 Å². The molecule has 1 aromatic heterocycles. The minimum atomic E-state index is -0.598. The van der Waals surface area contributed by atoms with E-state index in [1.54, 1.807) is 12.1 Å². The summed E-state index contributed by atoms with van der Waals surface area (Å²) in [6, 6.07) is 3.27. The third-order valence-corrected chi connectivity index (χ3v) is 1.54. The number of methoxy groups -OCH3 is 1. The minimum Gasteiger partial charge on any atom is -0.464 e. The molecular weight excluding hydrogens is 210 g/mol. The molecule has 16 heavy (non-hydrogen) atoms. The van der Waals surface area contributed by atoms with Gasteiger partial charge in [-0.3, -0.25) is 0 Å². The highest BCUT2D eigenvalue weighted by atomic mass is 16.7. The van der Waals surface area contributed by atoms with Gasteiger partial charge in [-0.2, -0.15) is 0 Å². The first-order valence-corrected chi connectivity index (χ1v) is 4.82. The maximum Gasteiger partial charge on any atom is 0.364 e. The van der Waals surface area contributed by atoms with Gasteiger partial charge in [0, 0.05) is 0 Å². The molecule has 0 radical (unpaired) electrons. The van der Waals surface area contributed by atoms with E-state index in [0.29, 0.717) is 5.76 Å². The zero-order chi connectivity index (χ0) is 12.2. The molecule has 1 heterocycles. The van der Waals surface area contributed by atoms with Gasteiger partial charge in [0.15, 0.2) is 5.76 Å². The molecule has 1 aromatic rings. The highest BCUT2D eigenvalue weighted by molar-refractivity contribution is 6.42. The van der Waals surface area contributed by atoms with Gasteiger partial charge in [0.1, 0.15) is 5.60 Å². The third kappa shape index (κ3) is 3.42. The first kappa shape index (κ1) is 12.3. The van der Waals surface area contributed by atoms with Crippen molar-refractivity contribution < 1.29 is 18.8 Å². The summed E-state index contributed by atoms with van der Waals surface area (Å²) >= 11 is 0. The Morgan fingerprint density at radius 1 is 1.44 bits per heavy atom. The van der Waals surface area contributed by atoms with Crippen LogP contribution >= 0.6 is 0 Å². The van der Waals surface area contributed by atoms with Crippen LogP contribution in [0.2, 0.25) is 0 Å². The molecule has 0 saturated carbocycles. The number of oxime groups is 1. The molecule has 88 valence electrons. The van der Waals surface area contributed by atoms with Crippen molar-refractivity contribution in [1.29, 1.82) is 0 Å². The summed E-state index contributed by atoms with van der Waals surface area (Å²) in [6.45, 7) is 5.48. The Morgan fingerprint density at radius 2 is 2.12 bits per heavy atom. The van der Waals surface area contributed by atoms with E-state index in [2.05, 4.69) is 9.89 Å². The third-order valence-electron chi connectivity index (χ3n) is 1.54. The van der Waals surface area contributed by atoms with Gasteiger partial charge in [0.25, 0.3) is 0 Å². The number of hydrogen-bond donors (Lipinski definition) is 0. The number of hydrogen-bond acceptors (Lipinski definition) is 5. The van der Waals surface area contributed by atoms with E-state index in [4.69, 9.17) is 9.25 Å². The summed E-state index contributed by atoms with van der Waals surface area (Å²) in [5.41, 5.74) is -0.464. The summed E-state index contributed by atoms with van der Waals surface area (Å²) < 4.78 is 9.66. The molecule has 0 spiro atoms. The van der Waals surface area contributed by atoms with Crippen LogP contribution < -0.4 is 0 Å². The molecule has 0 unspecified atom stereocenters. The van der Waals surface area contributed by atoms with Crippen molar-refractivity contribution in [2.24, 2.45) is 5.16 Å². The van der Waals surface area contributed by atoms with Gasteiger partial charge in [-0.05, 0) is 32.9 Å². The average molecular weight is 225 g/mol. The smallest absolute Gasteiger partial charge is 0.364 e. The Balaban J connectivity index is 2.93. The number of furan rings is 1. The second kappa shape index (κ2) is 4.83. The molecule has 0 saturated heterocycles. The number of nitrogens with zero attached hydrogens (tertiary/aromatic N) is 1. The Hall–Kier alpha value is -1.78. The van der Waals surface area contributed by atoms with Gasteiger partial charge in [-0.25, -0.2) is 4.79 Å². The predicted octanol–water partition coefficient (Wildman–Crippen LogP) is 1.97. The molecule has 0 N–H and O–H groups in total. The SMILES string of the molecule is COC(=O)/C(=N/OC(C)(C)C)c1ccco1. The maximum atomic E-state index is 11.4. The molecule has 0 aliphatic rings. The van der Waals surface area contributed by atoms with Gasteiger partial charge >= 0.3 is 5.97 Å². The van der Waals surface area contributed by atoms with E-state index in [1.165, 1.54) is 13.4 Å². The normalized spacial score (nSPS) is 12.4. The predicted molar refractivity (Wildman–Crippen MR) is 58.1 cm³/mol. The first-order valence-electron chi connectivity index (χ1n) is 4.82. The zero-order valence-corrected chi connectivity index (χ0v) is 9.81. The van der Waals surface area contributed by atoms with Crippen molar-refractivity contribution in [1.82, 2.24) is 0 Å². The highest BCUT2D eigenvalue weighted by Gasteiger charge is 2.20. The lowest BCUT2D eigenvalue weighted by atomic mass is 10.2. The van der Waals surface area contributed by atoms with Crippen LogP contribution in [0.3, 0.4) is 0 Å². The monoisotopic (exact) mass is 225 g/mol. The largest absolute Gasteiger partial charge is 0.464 e. The second-order valence-electron chi connectivity index (χ2n) is 4.11. The fourth-order valence-electron chi connectivity index (χ4n) is 0.875. The van der Waals surface area contributed by atoms with Gasteiger partial charge in [-0.15, -0.1) is 0 Å². The summed E-state index contributed by atoms with van der Waals surface area (Å²) in [4.78, 5) is 16.6. The maximum absolute atomic E-state index is 11.4. The fraction of sp³-hybridized carbons (Fsp3) is 0.455. The summed E-state index contributed by atoms with van der Waals surface area (Å²) in [5, 5.41) is 3.76. The Labute approximate surface area is 94.0 Å². The fourth-order valence-corrected chi connectivity index (χ4v) is 0.875. The summed E-state index contributed by atoms with van der Waals surface area (Å²) in [5.74, 6) is -0.282. The Bertz CT molecular complexity index is 373. The Morgan fingerprint density at radius 3 is 2.56 bits per heavy atom. The van der Waals surface area contributed by atoms with E-state index < -0.39 is 11.6 Å². The van der Waals surface area contributed by atoms with Crippen LogP contribution in [0, 0.1) is 0 Å². The molecule has 5 nitrogen and oxygen atoms in total. The molecule has 0 atom stereocenters. The van der Waals surface area contributed by atoms with Crippen LogP contribution in [0.4, 0.5) is 0 Å². The van der Waals surface area contributed by atoms with Crippen molar-refractivity contribution in [3.8, 4) is 0 Å². The van der Waals surface area contributed by atoms with Crippen LogP contribution in [-0.4, -0.2) is 24.4 Å². The van der Waals surface area contributed by atoms with Crippen LogP contribution in [0.5, 0.6) is 0 Å². The summed E-state index contributed by atoms with van der Waals surface area (Å²) in [6.07, 6.45) is 1.45. The Kier molecular flexibility index (Phi) is 3.71. The molecule has 1 rings (SSSR count). The lowest BCUT2D eigenvalue weighted by Crippen LogP contribution is -2.21. The molecule has 0 aliphatic carbocycles. The zero-order valence-electron chi connectivity index (χ0n) is 9.81. The standard InChI is InChI=1S/C11H15NO4/c1-11(2,3)16-12-9(10(13)14-4)8-6-5-7-15-8/h5-7H,1-4H3/b12-9+. The van der Waals surface area contributed by atoms with E-state index >= 15 is 0 Å². The van der Waals surface area contributed by atoms with E-state index in [9.17, 15) is 4.79 Å². The van der Waals surface area contributed by atoms with Crippen LogP contribution in [0.15, 0.2) is 28.0 Å². The van der Waals surface area contributed by atoms with Crippen LogP contribution in [0.1, 0.15) is 26.5 Å². The van der Waals surface area contributed by atoms with Crippen molar-refractivity contribution in [2.45, 2.75) is 26.4 Å². The lowest BCUT2D eigenvalue weighted by Gasteiger charge is -2.15. The molecule has 0 bridgehead atoms. The van der Waals surface area contributed by atoms with Gasteiger partial charge < -0.3 is 14.0 Å². The molecule has 0 aliphatic heterocycles. The average Bonchev–Trinajstić information content (AvgIpc) is 2.69. The summed E-state index contributed by atoms with van der Waals surface area (Å²) in [7, 11) is 1.28. The lowest BCUT2D eigenvalue weighted by molar-refractivity contribution is -0.133.